The van der Waals surface area contributed by atoms with Gasteiger partial charge in [-0.3, -0.25) is 4.98 Å². The molecule has 0 amide bonds. The van der Waals surface area contributed by atoms with E-state index in [1.165, 1.54) is 5.56 Å². The fourth-order valence-corrected chi connectivity index (χ4v) is 2.38. The zero-order valence-corrected chi connectivity index (χ0v) is 11.2. The van der Waals surface area contributed by atoms with Crippen molar-refractivity contribution in [3.8, 4) is 11.5 Å². The molecule has 0 bridgehead atoms. The number of pyridine rings is 1. The van der Waals surface area contributed by atoms with Gasteiger partial charge in [-0.05, 0) is 24.6 Å². The first-order valence-corrected chi connectivity index (χ1v) is 6.77. The Kier molecular flexibility index (Phi) is 3.83. The molecule has 20 heavy (non-hydrogen) atoms. The fourth-order valence-electron chi connectivity index (χ4n) is 2.38. The van der Waals surface area contributed by atoms with Gasteiger partial charge in [-0.15, -0.1) is 0 Å². The van der Waals surface area contributed by atoms with Gasteiger partial charge >= 0.3 is 0 Å². The van der Waals surface area contributed by atoms with E-state index in [-0.39, 0.29) is 6.61 Å². The molecule has 0 spiro atoms. The van der Waals surface area contributed by atoms with E-state index in [1.807, 2.05) is 24.3 Å². The van der Waals surface area contributed by atoms with Gasteiger partial charge in [0.05, 0.1) is 31.7 Å². The SMILES string of the molecule is OCc1ccc(OCC2CCOc3ccccc32)cn1. The molecule has 1 aliphatic heterocycles. The second-order valence-electron chi connectivity index (χ2n) is 4.83. The molecule has 1 aliphatic rings. The highest BCUT2D eigenvalue weighted by molar-refractivity contribution is 5.38. The Hall–Kier alpha value is -2.07. The van der Waals surface area contributed by atoms with E-state index >= 15 is 0 Å². The molecule has 1 unspecified atom stereocenters. The molecule has 0 fully saturated rings. The normalized spacial score (nSPS) is 17.1. The highest BCUT2D eigenvalue weighted by Gasteiger charge is 2.21. The van der Waals surface area contributed by atoms with Crippen LogP contribution < -0.4 is 9.47 Å². The molecule has 0 radical (unpaired) electrons. The monoisotopic (exact) mass is 271 g/mol. The Morgan fingerprint density at radius 2 is 2.15 bits per heavy atom. The van der Waals surface area contributed by atoms with E-state index < -0.39 is 0 Å². The molecule has 1 atom stereocenters. The molecule has 4 heteroatoms. The lowest BCUT2D eigenvalue weighted by Crippen LogP contribution is -2.19. The van der Waals surface area contributed by atoms with Gasteiger partial charge in [0, 0.05) is 11.5 Å². The minimum atomic E-state index is -0.0480. The summed E-state index contributed by atoms with van der Waals surface area (Å²) >= 11 is 0. The van der Waals surface area contributed by atoms with Gasteiger partial charge < -0.3 is 14.6 Å². The second kappa shape index (κ2) is 5.92. The standard InChI is InChI=1S/C16H17NO3/c18-10-13-5-6-14(9-17-13)20-11-12-7-8-19-16-4-2-1-3-15(12)16/h1-6,9,12,18H,7-8,10-11H2. The van der Waals surface area contributed by atoms with Crippen LogP contribution in [-0.4, -0.2) is 23.3 Å². The number of nitrogens with zero attached hydrogens (tertiary/aromatic N) is 1. The van der Waals surface area contributed by atoms with E-state index in [4.69, 9.17) is 14.6 Å². The highest BCUT2D eigenvalue weighted by Crippen LogP contribution is 2.33. The van der Waals surface area contributed by atoms with Crippen molar-refractivity contribution in [1.29, 1.82) is 0 Å². The number of fused-ring (bicyclic) bond motifs is 1. The molecule has 2 aromatic rings. The van der Waals surface area contributed by atoms with E-state index in [1.54, 1.807) is 12.3 Å². The molecule has 104 valence electrons. The van der Waals surface area contributed by atoms with Crippen LogP contribution in [0.15, 0.2) is 42.6 Å². The lowest BCUT2D eigenvalue weighted by atomic mass is 9.94. The fraction of sp³-hybridized carbons (Fsp3) is 0.312. The number of aromatic nitrogens is 1. The molecule has 3 rings (SSSR count). The van der Waals surface area contributed by atoms with Crippen LogP contribution in [0.2, 0.25) is 0 Å². The van der Waals surface area contributed by atoms with Crippen LogP contribution in [0.25, 0.3) is 0 Å². The summed E-state index contributed by atoms with van der Waals surface area (Å²) in [5.74, 6) is 2.03. The average Bonchev–Trinajstić information content (AvgIpc) is 2.53. The van der Waals surface area contributed by atoms with Gasteiger partial charge in [0.15, 0.2) is 0 Å². The molecule has 0 saturated carbocycles. The summed E-state index contributed by atoms with van der Waals surface area (Å²) in [4.78, 5) is 4.11. The zero-order valence-electron chi connectivity index (χ0n) is 11.2. The number of para-hydroxylation sites is 1. The maximum absolute atomic E-state index is 8.95. The highest BCUT2D eigenvalue weighted by atomic mass is 16.5. The Bertz CT molecular complexity index is 568. The summed E-state index contributed by atoms with van der Waals surface area (Å²) in [7, 11) is 0. The predicted molar refractivity (Wildman–Crippen MR) is 74.9 cm³/mol. The third-order valence-electron chi connectivity index (χ3n) is 3.49. The maximum Gasteiger partial charge on any atom is 0.137 e. The van der Waals surface area contributed by atoms with Gasteiger partial charge in [0.2, 0.25) is 0 Å². The van der Waals surface area contributed by atoms with Gasteiger partial charge in [-0.25, -0.2) is 0 Å². The largest absolute Gasteiger partial charge is 0.493 e. The lowest BCUT2D eigenvalue weighted by Gasteiger charge is -2.25. The molecular weight excluding hydrogens is 254 g/mol. The van der Waals surface area contributed by atoms with Crippen molar-refractivity contribution in [2.24, 2.45) is 0 Å². The quantitative estimate of drug-likeness (QED) is 0.928. The van der Waals surface area contributed by atoms with Crippen molar-refractivity contribution in [3.05, 3.63) is 53.9 Å². The minimum absolute atomic E-state index is 0.0480. The Balaban J connectivity index is 1.66. The zero-order chi connectivity index (χ0) is 13.8. The van der Waals surface area contributed by atoms with Crippen LogP contribution >= 0.6 is 0 Å². The summed E-state index contributed by atoms with van der Waals surface area (Å²) < 4.78 is 11.4. The van der Waals surface area contributed by atoms with Crippen LogP contribution in [0.4, 0.5) is 0 Å². The Morgan fingerprint density at radius 1 is 1.25 bits per heavy atom. The number of aliphatic hydroxyl groups excluding tert-OH is 1. The van der Waals surface area contributed by atoms with Gasteiger partial charge in [-0.2, -0.15) is 0 Å². The van der Waals surface area contributed by atoms with Gasteiger partial charge in [-0.1, -0.05) is 18.2 Å². The molecule has 0 saturated heterocycles. The Morgan fingerprint density at radius 3 is 2.95 bits per heavy atom. The molecular formula is C16H17NO3. The summed E-state index contributed by atoms with van der Waals surface area (Å²) in [5, 5.41) is 8.95. The number of aliphatic hydroxyl groups is 1. The summed E-state index contributed by atoms with van der Waals surface area (Å²) in [6.45, 7) is 1.29. The van der Waals surface area contributed by atoms with Crippen LogP contribution in [0.1, 0.15) is 23.6 Å². The average molecular weight is 271 g/mol. The molecule has 1 N–H and O–H groups in total. The number of ether oxygens (including phenoxy) is 2. The lowest BCUT2D eigenvalue weighted by molar-refractivity contribution is 0.217. The van der Waals surface area contributed by atoms with Crippen molar-refractivity contribution in [2.45, 2.75) is 18.9 Å². The van der Waals surface area contributed by atoms with Crippen LogP contribution in [0, 0.1) is 0 Å². The van der Waals surface area contributed by atoms with Gasteiger partial charge in [0.25, 0.3) is 0 Å². The van der Waals surface area contributed by atoms with Crippen molar-refractivity contribution in [3.63, 3.8) is 0 Å². The first kappa shape index (κ1) is 12.9. The van der Waals surface area contributed by atoms with Gasteiger partial charge in [0.1, 0.15) is 11.5 Å². The first-order valence-electron chi connectivity index (χ1n) is 6.77. The molecule has 1 aromatic carbocycles. The summed E-state index contributed by atoms with van der Waals surface area (Å²) in [6.07, 6.45) is 2.61. The van der Waals surface area contributed by atoms with Crippen LogP contribution in [-0.2, 0) is 6.61 Å². The molecule has 4 nitrogen and oxygen atoms in total. The van der Waals surface area contributed by atoms with E-state index in [2.05, 4.69) is 11.1 Å². The summed E-state index contributed by atoms with van der Waals surface area (Å²) in [5.41, 5.74) is 1.85. The van der Waals surface area contributed by atoms with Crippen molar-refractivity contribution in [1.82, 2.24) is 4.98 Å². The molecule has 0 aliphatic carbocycles. The molecule has 1 aromatic heterocycles. The first-order chi connectivity index (χ1) is 9.86. The number of benzene rings is 1. The van der Waals surface area contributed by atoms with Crippen LogP contribution in [0.5, 0.6) is 11.5 Å². The van der Waals surface area contributed by atoms with E-state index in [0.29, 0.717) is 18.2 Å². The second-order valence-corrected chi connectivity index (χ2v) is 4.83. The third kappa shape index (κ3) is 2.75. The number of rotatable bonds is 4. The number of hydrogen-bond donors (Lipinski definition) is 1. The Labute approximate surface area is 118 Å². The van der Waals surface area contributed by atoms with E-state index in [9.17, 15) is 0 Å². The summed E-state index contributed by atoms with van der Waals surface area (Å²) in [6, 6.07) is 11.7. The topological polar surface area (TPSA) is 51.6 Å². The maximum atomic E-state index is 8.95. The van der Waals surface area contributed by atoms with Crippen LogP contribution in [0.3, 0.4) is 0 Å². The third-order valence-corrected chi connectivity index (χ3v) is 3.49. The van der Waals surface area contributed by atoms with Crippen molar-refractivity contribution in [2.75, 3.05) is 13.2 Å². The predicted octanol–water partition coefficient (Wildman–Crippen LogP) is 2.52. The molecule has 2 heterocycles. The van der Waals surface area contributed by atoms with Crippen molar-refractivity contribution < 1.29 is 14.6 Å². The van der Waals surface area contributed by atoms with E-state index in [0.717, 1.165) is 24.5 Å². The smallest absolute Gasteiger partial charge is 0.137 e. The minimum Gasteiger partial charge on any atom is -0.493 e. The number of hydrogen-bond acceptors (Lipinski definition) is 4. The van der Waals surface area contributed by atoms with Crippen molar-refractivity contribution >= 4 is 0 Å².